The average Bonchev–Trinajstić information content (AvgIpc) is 2.89. The predicted octanol–water partition coefficient (Wildman–Crippen LogP) is 1.31. The summed E-state index contributed by atoms with van der Waals surface area (Å²) in [6.07, 6.45) is 1.70. The number of carbonyl (C=O) groups excluding carboxylic acids is 1. The van der Waals surface area contributed by atoms with E-state index >= 15 is 0 Å². The highest BCUT2D eigenvalue weighted by atomic mass is 16.3. The van der Waals surface area contributed by atoms with Gasteiger partial charge in [-0.15, -0.1) is 0 Å². The lowest BCUT2D eigenvalue weighted by Gasteiger charge is -2.35. The highest BCUT2D eigenvalue weighted by Gasteiger charge is 2.22. The number of hydrogen-bond acceptors (Lipinski definition) is 4. The van der Waals surface area contributed by atoms with Crippen molar-refractivity contribution >= 4 is 5.91 Å². The van der Waals surface area contributed by atoms with Crippen LogP contribution < -0.4 is 5.32 Å². The zero-order valence-corrected chi connectivity index (χ0v) is 12.7. The molecule has 0 saturated carbocycles. The second kappa shape index (κ2) is 6.41. The van der Waals surface area contributed by atoms with E-state index in [1.54, 1.807) is 6.26 Å². The molecule has 20 heavy (non-hydrogen) atoms. The Hall–Kier alpha value is -1.33. The summed E-state index contributed by atoms with van der Waals surface area (Å²) in [6, 6.07) is 3.90. The topological polar surface area (TPSA) is 48.7 Å². The van der Waals surface area contributed by atoms with Gasteiger partial charge in [0.15, 0.2) is 0 Å². The number of nitrogens with one attached hydrogen (secondary N) is 1. The molecule has 0 spiro atoms. The molecular weight excluding hydrogens is 254 g/mol. The van der Waals surface area contributed by atoms with Gasteiger partial charge in [0, 0.05) is 31.7 Å². The SMILES string of the molecule is CC(C)(C)NCC(=O)N1CCN(Cc2ccco2)CC1. The maximum Gasteiger partial charge on any atom is 0.236 e. The number of amides is 1. The minimum atomic E-state index is -0.0171. The van der Waals surface area contributed by atoms with Crippen molar-refractivity contribution in [3.8, 4) is 0 Å². The van der Waals surface area contributed by atoms with Crippen LogP contribution in [-0.4, -0.2) is 54.0 Å². The van der Waals surface area contributed by atoms with Crippen molar-refractivity contribution < 1.29 is 9.21 Å². The summed E-state index contributed by atoms with van der Waals surface area (Å²) in [5.41, 5.74) is -0.0171. The van der Waals surface area contributed by atoms with Gasteiger partial charge in [-0.25, -0.2) is 0 Å². The van der Waals surface area contributed by atoms with Crippen molar-refractivity contribution in [3.63, 3.8) is 0 Å². The van der Waals surface area contributed by atoms with E-state index in [0.29, 0.717) is 6.54 Å². The van der Waals surface area contributed by atoms with Crippen LogP contribution in [0.25, 0.3) is 0 Å². The van der Waals surface area contributed by atoms with Crippen molar-refractivity contribution in [3.05, 3.63) is 24.2 Å². The van der Waals surface area contributed by atoms with Gasteiger partial charge in [0.25, 0.3) is 0 Å². The van der Waals surface area contributed by atoms with Gasteiger partial charge in [0.2, 0.25) is 5.91 Å². The van der Waals surface area contributed by atoms with Gasteiger partial charge < -0.3 is 14.6 Å². The monoisotopic (exact) mass is 279 g/mol. The Bertz CT molecular complexity index is 415. The van der Waals surface area contributed by atoms with E-state index in [0.717, 1.165) is 38.5 Å². The largest absolute Gasteiger partial charge is 0.468 e. The first kappa shape index (κ1) is 15.1. The molecular formula is C15H25N3O2. The van der Waals surface area contributed by atoms with Gasteiger partial charge in [0.1, 0.15) is 5.76 Å². The number of carbonyl (C=O) groups is 1. The van der Waals surface area contributed by atoms with Gasteiger partial charge in [-0.05, 0) is 32.9 Å². The van der Waals surface area contributed by atoms with E-state index in [1.165, 1.54) is 0 Å². The molecule has 5 nitrogen and oxygen atoms in total. The van der Waals surface area contributed by atoms with Crippen LogP contribution in [0.2, 0.25) is 0 Å². The third-order valence-electron chi connectivity index (χ3n) is 3.45. The van der Waals surface area contributed by atoms with Crippen LogP contribution in [-0.2, 0) is 11.3 Å². The molecule has 0 unspecified atom stereocenters. The number of piperazine rings is 1. The van der Waals surface area contributed by atoms with Crippen LogP contribution in [0, 0.1) is 0 Å². The summed E-state index contributed by atoms with van der Waals surface area (Å²) >= 11 is 0. The van der Waals surface area contributed by atoms with Gasteiger partial charge in [0.05, 0.1) is 19.4 Å². The fourth-order valence-corrected chi connectivity index (χ4v) is 2.23. The van der Waals surface area contributed by atoms with Crippen molar-refractivity contribution in [1.82, 2.24) is 15.1 Å². The van der Waals surface area contributed by atoms with Crippen molar-refractivity contribution in [2.75, 3.05) is 32.7 Å². The van der Waals surface area contributed by atoms with E-state index < -0.39 is 0 Å². The zero-order valence-electron chi connectivity index (χ0n) is 12.7. The first-order valence-corrected chi connectivity index (χ1v) is 7.21. The van der Waals surface area contributed by atoms with Crippen LogP contribution in [0.15, 0.2) is 22.8 Å². The van der Waals surface area contributed by atoms with Gasteiger partial charge in [-0.2, -0.15) is 0 Å². The standard InChI is InChI=1S/C15H25N3O2/c1-15(2,3)16-11-14(19)18-8-6-17(7-9-18)12-13-5-4-10-20-13/h4-5,10,16H,6-9,11-12H2,1-3H3. The molecule has 1 aromatic rings. The summed E-state index contributed by atoms with van der Waals surface area (Å²) in [5.74, 6) is 1.18. The summed E-state index contributed by atoms with van der Waals surface area (Å²) in [7, 11) is 0. The molecule has 1 N–H and O–H groups in total. The molecule has 1 fully saturated rings. The predicted molar refractivity (Wildman–Crippen MR) is 78.3 cm³/mol. The Balaban J connectivity index is 1.72. The number of nitrogens with zero attached hydrogens (tertiary/aromatic N) is 2. The highest BCUT2D eigenvalue weighted by molar-refractivity contribution is 5.78. The maximum absolute atomic E-state index is 12.1. The molecule has 5 heteroatoms. The van der Waals surface area contributed by atoms with Crippen LogP contribution in [0.3, 0.4) is 0 Å². The molecule has 1 aromatic heterocycles. The molecule has 1 amide bonds. The van der Waals surface area contributed by atoms with Crippen LogP contribution in [0.1, 0.15) is 26.5 Å². The first-order chi connectivity index (χ1) is 9.44. The molecule has 1 aliphatic heterocycles. The Labute approximate surface area is 120 Å². The summed E-state index contributed by atoms with van der Waals surface area (Å²) in [6.45, 7) is 10.9. The quantitative estimate of drug-likeness (QED) is 0.903. The Morgan fingerprint density at radius 1 is 1.30 bits per heavy atom. The minimum absolute atomic E-state index is 0.0171. The lowest BCUT2D eigenvalue weighted by molar-refractivity contribution is -0.132. The third kappa shape index (κ3) is 4.65. The Morgan fingerprint density at radius 3 is 2.55 bits per heavy atom. The van der Waals surface area contributed by atoms with Crippen molar-refractivity contribution in [1.29, 1.82) is 0 Å². The third-order valence-corrected chi connectivity index (χ3v) is 3.45. The summed E-state index contributed by atoms with van der Waals surface area (Å²) in [4.78, 5) is 16.4. The number of rotatable bonds is 4. The van der Waals surface area contributed by atoms with E-state index in [2.05, 4.69) is 31.0 Å². The minimum Gasteiger partial charge on any atom is -0.468 e. The molecule has 0 atom stereocenters. The van der Waals surface area contributed by atoms with Crippen LogP contribution >= 0.6 is 0 Å². The van der Waals surface area contributed by atoms with E-state index in [4.69, 9.17) is 4.42 Å². The van der Waals surface area contributed by atoms with Crippen LogP contribution in [0.4, 0.5) is 0 Å². The lowest BCUT2D eigenvalue weighted by atomic mass is 10.1. The van der Waals surface area contributed by atoms with Gasteiger partial charge in [-0.1, -0.05) is 0 Å². The van der Waals surface area contributed by atoms with Crippen LogP contribution in [0.5, 0.6) is 0 Å². The molecule has 1 saturated heterocycles. The summed E-state index contributed by atoms with van der Waals surface area (Å²) < 4.78 is 5.35. The normalized spacial score (nSPS) is 17.4. The molecule has 0 radical (unpaired) electrons. The van der Waals surface area contributed by atoms with Gasteiger partial charge >= 0.3 is 0 Å². The second-order valence-electron chi connectivity index (χ2n) is 6.34. The fourth-order valence-electron chi connectivity index (χ4n) is 2.23. The maximum atomic E-state index is 12.1. The molecule has 1 aliphatic rings. The fraction of sp³-hybridized carbons (Fsp3) is 0.667. The molecule has 112 valence electrons. The smallest absolute Gasteiger partial charge is 0.236 e. The van der Waals surface area contributed by atoms with E-state index in [1.807, 2.05) is 17.0 Å². The Kier molecular flexibility index (Phi) is 4.83. The lowest BCUT2D eigenvalue weighted by Crippen LogP contribution is -2.52. The molecule has 2 heterocycles. The van der Waals surface area contributed by atoms with Crippen molar-refractivity contribution in [2.45, 2.75) is 32.9 Å². The Morgan fingerprint density at radius 2 is 2.00 bits per heavy atom. The molecule has 0 bridgehead atoms. The zero-order chi connectivity index (χ0) is 14.6. The number of furan rings is 1. The highest BCUT2D eigenvalue weighted by Crippen LogP contribution is 2.09. The van der Waals surface area contributed by atoms with Crippen molar-refractivity contribution in [2.24, 2.45) is 0 Å². The van der Waals surface area contributed by atoms with E-state index in [9.17, 15) is 4.79 Å². The number of hydrogen-bond donors (Lipinski definition) is 1. The molecule has 0 aliphatic carbocycles. The molecule has 2 rings (SSSR count). The average molecular weight is 279 g/mol. The van der Waals surface area contributed by atoms with E-state index in [-0.39, 0.29) is 11.4 Å². The first-order valence-electron chi connectivity index (χ1n) is 7.21. The summed E-state index contributed by atoms with van der Waals surface area (Å²) in [5, 5.41) is 3.25. The second-order valence-corrected chi connectivity index (χ2v) is 6.34. The van der Waals surface area contributed by atoms with Gasteiger partial charge in [-0.3, -0.25) is 9.69 Å². The molecule has 0 aromatic carbocycles.